The van der Waals surface area contributed by atoms with Gasteiger partial charge in [0.25, 0.3) is 0 Å². The van der Waals surface area contributed by atoms with Crippen LogP contribution in [0.5, 0.6) is 0 Å². The maximum atomic E-state index is 11.4. The number of carbonyl (C=O) groups is 1. The maximum Gasteiger partial charge on any atom is 0.238 e. The van der Waals surface area contributed by atoms with Crippen molar-refractivity contribution in [3.8, 4) is 0 Å². The third-order valence-corrected chi connectivity index (χ3v) is 2.28. The summed E-state index contributed by atoms with van der Waals surface area (Å²) in [7, 11) is 0. The fourth-order valence-electron chi connectivity index (χ4n) is 1.37. The molecule has 2 fully saturated rings. The fourth-order valence-corrected chi connectivity index (χ4v) is 1.37. The first kappa shape index (κ1) is 8.01. The van der Waals surface area contributed by atoms with Crippen molar-refractivity contribution in [1.29, 1.82) is 0 Å². The zero-order valence-corrected chi connectivity index (χ0v) is 7.10. The molecule has 1 unspecified atom stereocenters. The molecule has 0 radical (unpaired) electrons. The van der Waals surface area contributed by atoms with E-state index < -0.39 is 0 Å². The molecular weight excluding hydrogens is 154 g/mol. The van der Waals surface area contributed by atoms with Crippen molar-refractivity contribution in [2.75, 3.05) is 19.6 Å². The summed E-state index contributed by atoms with van der Waals surface area (Å²) in [6, 6.07) is 0.459. The number of carbonyl (C=O) groups excluding carboxylic acids is 1. The van der Waals surface area contributed by atoms with E-state index in [0.717, 1.165) is 32.5 Å². The quantitative estimate of drug-likeness (QED) is 0.488. The van der Waals surface area contributed by atoms with Gasteiger partial charge in [0.1, 0.15) is 0 Å². The molecule has 0 bridgehead atoms. The van der Waals surface area contributed by atoms with Gasteiger partial charge in [0.15, 0.2) is 0 Å². The second-order valence-electron chi connectivity index (χ2n) is 3.49. The lowest BCUT2D eigenvalue weighted by atomic mass is 10.2. The molecule has 4 heteroatoms. The van der Waals surface area contributed by atoms with Crippen LogP contribution in [0.25, 0.3) is 0 Å². The zero-order valence-electron chi connectivity index (χ0n) is 7.10. The Morgan fingerprint density at radius 2 is 2.17 bits per heavy atom. The number of piperazine rings is 1. The number of amides is 1. The highest BCUT2D eigenvalue weighted by molar-refractivity contribution is 5.82. The van der Waals surface area contributed by atoms with Crippen LogP contribution in [0.2, 0.25) is 0 Å². The largest absolute Gasteiger partial charge is 0.352 e. The van der Waals surface area contributed by atoms with Crippen molar-refractivity contribution in [1.82, 2.24) is 16.0 Å². The molecule has 4 nitrogen and oxygen atoms in total. The van der Waals surface area contributed by atoms with Crippen LogP contribution in [0.1, 0.15) is 12.8 Å². The molecule has 0 aromatic heterocycles. The summed E-state index contributed by atoms with van der Waals surface area (Å²) in [5, 5.41) is 9.35. The molecule has 1 amide bonds. The lowest BCUT2D eigenvalue weighted by molar-refractivity contribution is -0.123. The predicted octanol–water partition coefficient (Wildman–Crippen LogP) is -1.17. The molecule has 2 rings (SSSR count). The number of rotatable bonds is 2. The molecule has 1 heterocycles. The van der Waals surface area contributed by atoms with E-state index in [1.807, 2.05) is 0 Å². The van der Waals surface area contributed by atoms with E-state index >= 15 is 0 Å². The van der Waals surface area contributed by atoms with Gasteiger partial charge in [-0.15, -0.1) is 0 Å². The lowest BCUT2D eigenvalue weighted by Crippen LogP contribution is -2.56. The molecule has 1 aliphatic heterocycles. The first-order chi connectivity index (χ1) is 5.86. The van der Waals surface area contributed by atoms with E-state index in [4.69, 9.17) is 0 Å². The summed E-state index contributed by atoms with van der Waals surface area (Å²) in [5.41, 5.74) is 0. The van der Waals surface area contributed by atoms with Crippen LogP contribution in [0.4, 0.5) is 0 Å². The smallest absolute Gasteiger partial charge is 0.238 e. The topological polar surface area (TPSA) is 53.2 Å². The molecule has 3 N–H and O–H groups in total. The summed E-state index contributed by atoms with van der Waals surface area (Å²) < 4.78 is 0. The van der Waals surface area contributed by atoms with Gasteiger partial charge in [0.05, 0.1) is 6.04 Å². The number of nitrogens with one attached hydrogen (secondary N) is 3. The minimum absolute atomic E-state index is 0.0145. The van der Waals surface area contributed by atoms with E-state index in [9.17, 15) is 4.79 Å². The lowest BCUT2D eigenvalue weighted by Gasteiger charge is -2.23. The highest BCUT2D eigenvalue weighted by Crippen LogP contribution is 2.18. The minimum atomic E-state index is -0.0145. The third-order valence-electron chi connectivity index (χ3n) is 2.28. The van der Waals surface area contributed by atoms with Crippen LogP contribution in [-0.4, -0.2) is 37.6 Å². The molecule has 12 heavy (non-hydrogen) atoms. The van der Waals surface area contributed by atoms with Gasteiger partial charge < -0.3 is 16.0 Å². The van der Waals surface area contributed by atoms with Gasteiger partial charge in [-0.2, -0.15) is 0 Å². The second-order valence-corrected chi connectivity index (χ2v) is 3.49. The van der Waals surface area contributed by atoms with Gasteiger partial charge in [0, 0.05) is 25.7 Å². The summed E-state index contributed by atoms with van der Waals surface area (Å²) in [6.45, 7) is 2.62. The predicted molar refractivity (Wildman–Crippen MR) is 45.8 cm³/mol. The Labute approximate surface area is 72.1 Å². The Morgan fingerprint density at radius 3 is 2.75 bits per heavy atom. The average Bonchev–Trinajstić information content (AvgIpc) is 2.90. The van der Waals surface area contributed by atoms with Gasteiger partial charge in [-0.1, -0.05) is 0 Å². The zero-order chi connectivity index (χ0) is 8.39. The van der Waals surface area contributed by atoms with E-state index in [0.29, 0.717) is 6.04 Å². The Bertz CT molecular complexity index is 173. The summed E-state index contributed by atoms with van der Waals surface area (Å²) in [4.78, 5) is 11.4. The van der Waals surface area contributed by atoms with Crippen LogP contribution in [-0.2, 0) is 4.79 Å². The van der Waals surface area contributed by atoms with Gasteiger partial charge in [-0.25, -0.2) is 0 Å². The molecule has 1 saturated heterocycles. The molecule has 0 aromatic carbocycles. The molecule has 0 spiro atoms. The Hall–Kier alpha value is -0.610. The van der Waals surface area contributed by atoms with Crippen LogP contribution in [0.3, 0.4) is 0 Å². The van der Waals surface area contributed by atoms with Crippen LogP contribution >= 0.6 is 0 Å². The Kier molecular flexibility index (Phi) is 2.28. The van der Waals surface area contributed by atoms with Crippen molar-refractivity contribution in [2.24, 2.45) is 0 Å². The fraction of sp³-hybridized carbons (Fsp3) is 0.875. The first-order valence-electron chi connectivity index (χ1n) is 4.61. The van der Waals surface area contributed by atoms with Crippen molar-refractivity contribution in [3.05, 3.63) is 0 Å². The molecule has 1 aliphatic carbocycles. The minimum Gasteiger partial charge on any atom is -0.352 e. The van der Waals surface area contributed by atoms with Gasteiger partial charge in [0.2, 0.25) is 5.91 Å². The SMILES string of the molecule is O=C(NC1CC1)C1CNCCN1. The van der Waals surface area contributed by atoms with E-state index in [-0.39, 0.29) is 11.9 Å². The number of hydrogen-bond donors (Lipinski definition) is 3. The van der Waals surface area contributed by atoms with Gasteiger partial charge >= 0.3 is 0 Å². The second kappa shape index (κ2) is 3.41. The number of hydrogen-bond acceptors (Lipinski definition) is 3. The molecule has 2 aliphatic rings. The van der Waals surface area contributed by atoms with Crippen LogP contribution < -0.4 is 16.0 Å². The first-order valence-corrected chi connectivity index (χ1v) is 4.61. The van der Waals surface area contributed by atoms with E-state index in [2.05, 4.69) is 16.0 Å². The molecular formula is C8H15N3O. The summed E-state index contributed by atoms with van der Waals surface area (Å²) >= 11 is 0. The van der Waals surface area contributed by atoms with E-state index in [1.54, 1.807) is 0 Å². The highest BCUT2D eigenvalue weighted by atomic mass is 16.2. The average molecular weight is 169 g/mol. The summed E-state index contributed by atoms with van der Waals surface area (Å²) in [5.74, 6) is 0.157. The van der Waals surface area contributed by atoms with Gasteiger partial charge in [-0.05, 0) is 12.8 Å². The highest BCUT2D eigenvalue weighted by Gasteiger charge is 2.27. The van der Waals surface area contributed by atoms with Crippen LogP contribution in [0.15, 0.2) is 0 Å². The van der Waals surface area contributed by atoms with Crippen molar-refractivity contribution >= 4 is 5.91 Å². The van der Waals surface area contributed by atoms with Crippen LogP contribution in [0, 0.1) is 0 Å². The molecule has 1 atom stereocenters. The summed E-state index contributed by atoms with van der Waals surface area (Å²) in [6.07, 6.45) is 2.32. The van der Waals surface area contributed by atoms with Gasteiger partial charge in [-0.3, -0.25) is 4.79 Å². The van der Waals surface area contributed by atoms with E-state index in [1.165, 1.54) is 0 Å². The monoisotopic (exact) mass is 169 g/mol. The standard InChI is InChI=1S/C8H15N3O/c12-8(11-6-1-2-6)7-5-9-3-4-10-7/h6-7,9-10H,1-5H2,(H,11,12). The van der Waals surface area contributed by atoms with Crippen molar-refractivity contribution in [3.63, 3.8) is 0 Å². The van der Waals surface area contributed by atoms with Crippen molar-refractivity contribution in [2.45, 2.75) is 24.9 Å². The maximum absolute atomic E-state index is 11.4. The Morgan fingerprint density at radius 1 is 1.33 bits per heavy atom. The molecule has 68 valence electrons. The molecule has 1 saturated carbocycles. The Balaban J connectivity index is 1.76. The normalized spacial score (nSPS) is 29.8. The van der Waals surface area contributed by atoms with Crippen molar-refractivity contribution < 1.29 is 4.79 Å². The molecule has 0 aromatic rings. The third kappa shape index (κ3) is 1.95.